The van der Waals surface area contributed by atoms with Crippen LogP contribution in [0.25, 0.3) is 0 Å². The minimum atomic E-state index is -0.0284. The quantitative estimate of drug-likeness (QED) is 0.323. The highest BCUT2D eigenvalue weighted by atomic mass is 79.9. The van der Waals surface area contributed by atoms with Gasteiger partial charge in [0.05, 0.1) is 12.2 Å². The fraction of sp³-hybridized carbons (Fsp3) is 0.273. The van der Waals surface area contributed by atoms with Crippen molar-refractivity contribution >= 4 is 44.8 Å². The van der Waals surface area contributed by atoms with Gasteiger partial charge >= 0.3 is 0 Å². The smallest absolute Gasteiger partial charge is 0.254 e. The van der Waals surface area contributed by atoms with Crippen LogP contribution in [0.1, 0.15) is 27.5 Å². The first kappa shape index (κ1) is 22.7. The molecule has 0 N–H and O–H groups in total. The summed E-state index contributed by atoms with van der Waals surface area (Å²) in [7, 11) is 1.66. The van der Waals surface area contributed by atoms with Gasteiger partial charge in [0.25, 0.3) is 5.91 Å². The van der Waals surface area contributed by atoms with Gasteiger partial charge < -0.3 is 14.4 Å². The molecule has 1 heterocycles. The van der Waals surface area contributed by atoms with Crippen LogP contribution in [-0.4, -0.2) is 36.1 Å². The average Bonchev–Trinajstić information content (AvgIpc) is 3.20. The van der Waals surface area contributed by atoms with Crippen molar-refractivity contribution in [3.8, 4) is 5.75 Å². The maximum Gasteiger partial charge on any atom is 0.254 e. The third-order valence-electron chi connectivity index (χ3n) is 4.26. The fourth-order valence-electron chi connectivity index (χ4n) is 2.82. The highest BCUT2D eigenvalue weighted by molar-refractivity contribution is 9.10. The van der Waals surface area contributed by atoms with Gasteiger partial charge in [0, 0.05) is 40.7 Å². The SMILES string of the molecule is COCCCN(Cc1csc(COc2ccc(Cl)cc2)n1)C(=O)c1cccc(Br)c1. The fourth-order valence-corrected chi connectivity index (χ4v) is 4.04. The van der Waals surface area contributed by atoms with Gasteiger partial charge in [-0.25, -0.2) is 4.98 Å². The molecule has 5 nitrogen and oxygen atoms in total. The van der Waals surface area contributed by atoms with E-state index >= 15 is 0 Å². The first-order chi connectivity index (χ1) is 14.5. The third kappa shape index (κ3) is 6.80. The van der Waals surface area contributed by atoms with Crippen LogP contribution in [0, 0.1) is 0 Å². The van der Waals surface area contributed by atoms with Gasteiger partial charge in [0.2, 0.25) is 0 Å². The molecule has 1 amide bonds. The summed E-state index contributed by atoms with van der Waals surface area (Å²) in [5.41, 5.74) is 1.48. The van der Waals surface area contributed by atoms with Crippen molar-refractivity contribution in [1.82, 2.24) is 9.88 Å². The highest BCUT2D eigenvalue weighted by Gasteiger charge is 2.18. The normalized spacial score (nSPS) is 10.8. The number of ether oxygens (including phenoxy) is 2. The number of hydrogen-bond acceptors (Lipinski definition) is 5. The van der Waals surface area contributed by atoms with Crippen LogP contribution in [0.15, 0.2) is 58.4 Å². The Morgan fingerprint density at radius 2 is 2.03 bits per heavy atom. The Morgan fingerprint density at radius 1 is 1.23 bits per heavy atom. The minimum Gasteiger partial charge on any atom is -0.486 e. The second-order valence-electron chi connectivity index (χ2n) is 6.56. The van der Waals surface area contributed by atoms with Crippen molar-refractivity contribution in [3.63, 3.8) is 0 Å². The lowest BCUT2D eigenvalue weighted by Crippen LogP contribution is -2.32. The monoisotopic (exact) mass is 508 g/mol. The van der Waals surface area contributed by atoms with Crippen molar-refractivity contribution in [3.05, 3.63) is 79.7 Å². The molecule has 0 radical (unpaired) electrons. The number of aromatic nitrogens is 1. The molecule has 0 fully saturated rings. The zero-order chi connectivity index (χ0) is 21.3. The summed E-state index contributed by atoms with van der Waals surface area (Å²) in [5, 5.41) is 3.49. The summed E-state index contributed by atoms with van der Waals surface area (Å²) >= 11 is 10.8. The molecule has 0 saturated carbocycles. The van der Waals surface area contributed by atoms with E-state index in [1.807, 2.05) is 41.8 Å². The Hall–Kier alpha value is -1.93. The Kier molecular flexibility index (Phi) is 8.69. The third-order valence-corrected chi connectivity index (χ3v) is 5.88. The second-order valence-corrected chi connectivity index (χ2v) is 8.85. The van der Waals surface area contributed by atoms with Crippen LogP contribution in [0.5, 0.6) is 5.75 Å². The molecule has 0 unspecified atom stereocenters. The molecular weight excluding hydrogens is 488 g/mol. The molecule has 0 aliphatic rings. The molecule has 0 bridgehead atoms. The largest absolute Gasteiger partial charge is 0.486 e. The molecule has 3 rings (SSSR count). The van der Waals surface area contributed by atoms with Gasteiger partial charge in [-0.3, -0.25) is 4.79 Å². The van der Waals surface area contributed by atoms with Crippen molar-refractivity contribution in [2.24, 2.45) is 0 Å². The van der Waals surface area contributed by atoms with Crippen LogP contribution < -0.4 is 4.74 Å². The lowest BCUT2D eigenvalue weighted by molar-refractivity contribution is 0.0721. The van der Waals surface area contributed by atoms with E-state index < -0.39 is 0 Å². The van der Waals surface area contributed by atoms with Crippen molar-refractivity contribution in [1.29, 1.82) is 0 Å². The van der Waals surface area contributed by atoms with Crippen LogP contribution in [-0.2, 0) is 17.9 Å². The summed E-state index contributed by atoms with van der Waals surface area (Å²) in [4.78, 5) is 19.5. The van der Waals surface area contributed by atoms with Crippen LogP contribution >= 0.6 is 38.9 Å². The molecule has 158 valence electrons. The van der Waals surface area contributed by atoms with Gasteiger partial charge in [0.15, 0.2) is 0 Å². The maximum absolute atomic E-state index is 13.0. The summed E-state index contributed by atoms with van der Waals surface area (Å²) < 4.78 is 11.8. The van der Waals surface area contributed by atoms with Crippen molar-refractivity contribution in [2.45, 2.75) is 19.6 Å². The number of carbonyl (C=O) groups excluding carboxylic acids is 1. The summed E-state index contributed by atoms with van der Waals surface area (Å²) in [6.07, 6.45) is 0.757. The second kappa shape index (κ2) is 11.5. The molecule has 3 aromatic rings. The predicted molar refractivity (Wildman–Crippen MR) is 123 cm³/mol. The number of thiazole rings is 1. The van der Waals surface area contributed by atoms with Gasteiger partial charge in [-0.2, -0.15) is 0 Å². The lowest BCUT2D eigenvalue weighted by Gasteiger charge is -2.22. The van der Waals surface area contributed by atoms with E-state index in [4.69, 9.17) is 21.1 Å². The molecule has 8 heteroatoms. The molecule has 1 aromatic heterocycles. The number of methoxy groups -OCH3 is 1. The first-order valence-corrected chi connectivity index (χ1v) is 11.5. The molecular formula is C22H22BrClN2O3S. The predicted octanol–water partition coefficient (Wildman–Crippen LogP) is 5.82. The maximum atomic E-state index is 13.0. The molecule has 0 spiro atoms. The molecule has 30 heavy (non-hydrogen) atoms. The van der Waals surface area contributed by atoms with Gasteiger partial charge in [-0.15, -0.1) is 11.3 Å². The topological polar surface area (TPSA) is 51.7 Å². The van der Waals surface area contributed by atoms with E-state index in [0.29, 0.717) is 36.9 Å². The summed E-state index contributed by atoms with van der Waals surface area (Å²) in [6, 6.07) is 14.6. The number of carbonyl (C=O) groups is 1. The number of rotatable bonds is 10. The van der Waals surface area contributed by atoms with E-state index in [-0.39, 0.29) is 5.91 Å². The Bertz CT molecular complexity index is 965. The zero-order valence-electron chi connectivity index (χ0n) is 16.5. The Balaban J connectivity index is 1.65. The van der Waals surface area contributed by atoms with E-state index in [9.17, 15) is 4.79 Å². The van der Waals surface area contributed by atoms with Crippen LogP contribution in [0.2, 0.25) is 5.02 Å². The van der Waals surface area contributed by atoms with Crippen LogP contribution in [0.4, 0.5) is 0 Å². The number of benzene rings is 2. The van der Waals surface area contributed by atoms with Crippen LogP contribution in [0.3, 0.4) is 0 Å². The van der Waals surface area contributed by atoms with Gasteiger partial charge in [-0.05, 0) is 48.9 Å². The van der Waals surface area contributed by atoms with E-state index in [1.165, 1.54) is 11.3 Å². The molecule has 2 aromatic carbocycles. The van der Waals surface area contributed by atoms with E-state index in [2.05, 4.69) is 20.9 Å². The molecule has 0 aliphatic carbocycles. The number of hydrogen-bond donors (Lipinski definition) is 0. The Morgan fingerprint density at radius 3 is 2.77 bits per heavy atom. The number of amides is 1. The van der Waals surface area contributed by atoms with Gasteiger partial charge in [-0.1, -0.05) is 33.6 Å². The van der Waals surface area contributed by atoms with E-state index in [0.717, 1.165) is 27.3 Å². The zero-order valence-corrected chi connectivity index (χ0v) is 19.7. The van der Waals surface area contributed by atoms with Gasteiger partial charge in [0.1, 0.15) is 17.4 Å². The number of nitrogens with zero attached hydrogens (tertiary/aromatic N) is 2. The van der Waals surface area contributed by atoms with E-state index in [1.54, 1.807) is 24.1 Å². The molecule has 0 atom stereocenters. The van der Waals surface area contributed by atoms with Crippen molar-refractivity contribution in [2.75, 3.05) is 20.3 Å². The van der Waals surface area contributed by atoms with Crippen molar-refractivity contribution < 1.29 is 14.3 Å². The molecule has 0 aliphatic heterocycles. The highest BCUT2D eigenvalue weighted by Crippen LogP contribution is 2.20. The first-order valence-electron chi connectivity index (χ1n) is 9.40. The standard InChI is InChI=1S/C22H22BrClN2O3S/c1-28-11-3-10-26(22(27)16-4-2-5-17(23)12-16)13-19-15-30-21(25-19)14-29-20-8-6-18(24)7-9-20/h2,4-9,12,15H,3,10-11,13-14H2,1H3. The minimum absolute atomic E-state index is 0.0284. The molecule has 0 saturated heterocycles. The summed E-state index contributed by atoms with van der Waals surface area (Å²) in [5.74, 6) is 0.710. The number of halogens is 2. The Labute approximate surface area is 193 Å². The summed E-state index contributed by atoms with van der Waals surface area (Å²) in [6.45, 7) is 1.99. The average molecular weight is 510 g/mol. The lowest BCUT2D eigenvalue weighted by atomic mass is 10.2.